The molecule has 3 heteroatoms. The summed E-state index contributed by atoms with van der Waals surface area (Å²) in [6, 6.07) is 24.8. The van der Waals surface area contributed by atoms with Gasteiger partial charge in [0.05, 0.1) is 0 Å². The number of nitrogens with zero attached hydrogens (tertiary/aromatic N) is 2. The number of hydrogen-bond acceptors (Lipinski definition) is 2. The number of halogens is 1. The van der Waals surface area contributed by atoms with Crippen LogP contribution in [0.2, 0.25) is 0 Å². The van der Waals surface area contributed by atoms with Gasteiger partial charge in [-0.3, -0.25) is 4.90 Å². The fourth-order valence-electron chi connectivity index (χ4n) is 4.99. The molecule has 0 amide bonds. The zero-order valence-corrected chi connectivity index (χ0v) is 24.1. The predicted molar refractivity (Wildman–Crippen MR) is 162 cm³/mol. The van der Waals surface area contributed by atoms with E-state index in [0.717, 1.165) is 31.7 Å². The van der Waals surface area contributed by atoms with Gasteiger partial charge in [0.1, 0.15) is 5.82 Å². The molecule has 0 aliphatic heterocycles. The molecule has 0 spiro atoms. The molecule has 38 heavy (non-hydrogen) atoms. The van der Waals surface area contributed by atoms with Gasteiger partial charge in [-0.05, 0) is 67.1 Å². The van der Waals surface area contributed by atoms with Crippen molar-refractivity contribution in [2.24, 2.45) is 0 Å². The molecule has 3 aromatic carbocycles. The Hall–Kier alpha value is -2.49. The van der Waals surface area contributed by atoms with Crippen molar-refractivity contribution in [2.45, 2.75) is 85.2 Å². The van der Waals surface area contributed by atoms with Crippen LogP contribution in [0.5, 0.6) is 0 Å². The van der Waals surface area contributed by atoms with Gasteiger partial charge in [0, 0.05) is 31.7 Å². The molecule has 0 aliphatic rings. The first-order valence-electron chi connectivity index (χ1n) is 15.0. The van der Waals surface area contributed by atoms with Crippen molar-refractivity contribution in [1.82, 2.24) is 9.80 Å². The molecule has 3 aromatic rings. The van der Waals surface area contributed by atoms with Crippen molar-refractivity contribution in [3.8, 4) is 11.1 Å². The van der Waals surface area contributed by atoms with Crippen LogP contribution in [0.25, 0.3) is 11.1 Å². The maximum absolute atomic E-state index is 14.3. The molecule has 0 heterocycles. The maximum atomic E-state index is 14.3. The number of aryl methyl sites for hydroxylation is 1. The highest BCUT2D eigenvalue weighted by Gasteiger charge is 2.12. The molecule has 0 aliphatic carbocycles. The summed E-state index contributed by atoms with van der Waals surface area (Å²) in [5, 5.41) is 0. The van der Waals surface area contributed by atoms with E-state index in [4.69, 9.17) is 0 Å². The van der Waals surface area contributed by atoms with Crippen LogP contribution < -0.4 is 0 Å². The van der Waals surface area contributed by atoms with Gasteiger partial charge in [-0.15, -0.1) is 0 Å². The Labute approximate surface area is 231 Å². The van der Waals surface area contributed by atoms with Gasteiger partial charge in [0.15, 0.2) is 0 Å². The van der Waals surface area contributed by atoms with E-state index in [1.807, 2.05) is 12.1 Å². The van der Waals surface area contributed by atoms with Crippen LogP contribution in [0.1, 0.15) is 82.4 Å². The molecule has 0 radical (unpaired) electrons. The summed E-state index contributed by atoms with van der Waals surface area (Å²) in [5.74, 6) is -0.167. The van der Waals surface area contributed by atoms with Gasteiger partial charge < -0.3 is 4.90 Å². The molecule has 206 valence electrons. The Bertz CT molecular complexity index is 1020. The quantitative estimate of drug-likeness (QED) is 0.156. The third-order valence-electron chi connectivity index (χ3n) is 7.43. The number of unbranched alkanes of at least 4 members (excludes halogenated alkanes) is 4. The van der Waals surface area contributed by atoms with Crippen LogP contribution in [0.15, 0.2) is 72.8 Å². The van der Waals surface area contributed by atoms with Gasteiger partial charge in [-0.1, -0.05) is 113 Å². The van der Waals surface area contributed by atoms with E-state index in [-0.39, 0.29) is 5.82 Å². The monoisotopic (exact) mass is 516 g/mol. The molecule has 0 bridgehead atoms. The van der Waals surface area contributed by atoms with Gasteiger partial charge in [-0.25, -0.2) is 4.39 Å². The summed E-state index contributed by atoms with van der Waals surface area (Å²) in [5.41, 5.74) is 5.69. The Morgan fingerprint density at radius 2 is 1.05 bits per heavy atom. The van der Waals surface area contributed by atoms with Gasteiger partial charge >= 0.3 is 0 Å². The zero-order valence-electron chi connectivity index (χ0n) is 24.1. The third-order valence-corrected chi connectivity index (χ3v) is 7.43. The van der Waals surface area contributed by atoms with Crippen LogP contribution >= 0.6 is 0 Å². The smallest absolute Gasteiger partial charge is 0.131 e. The second-order valence-electron chi connectivity index (χ2n) is 10.7. The van der Waals surface area contributed by atoms with Crippen LogP contribution in [0, 0.1) is 5.82 Å². The first-order valence-corrected chi connectivity index (χ1v) is 15.0. The molecule has 0 unspecified atom stereocenters. The van der Waals surface area contributed by atoms with Crippen molar-refractivity contribution >= 4 is 0 Å². The first kappa shape index (κ1) is 30.1. The minimum absolute atomic E-state index is 0.167. The number of hydrogen-bond donors (Lipinski definition) is 0. The van der Waals surface area contributed by atoms with Gasteiger partial charge in [0.25, 0.3) is 0 Å². The fraction of sp³-hybridized carbons (Fsp3) is 0.486. The zero-order chi connectivity index (χ0) is 27.0. The summed E-state index contributed by atoms with van der Waals surface area (Å²) in [7, 11) is 0. The van der Waals surface area contributed by atoms with Crippen molar-refractivity contribution < 1.29 is 4.39 Å². The molecule has 0 saturated heterocycles. The molecule has 0 atom stereocenters. The second-order valence-corrected chi connectivity index (χ2v) is 10.7. The highest BCUT2D eigenvalue weighted by Crippen LogP contribution is 2.23. The molecule has 0 N–H and O–H groups in total. The van der Waals surface area contributed by atoms with Crippen molar-refractivity contribution in [1.29, 1.82) is 0 Å². The highest BCUT2D eigenvalue weighted by atomic mass is 19.1. The summed E-state index contributed by atoms with van der Waals surface area (Å²) in [6.45, 7) is 13.2. The summed E-state index contributed by atoms with van der Waals surface area (Å²) in [4.78, 5) is 5.23. The third kappa shape index (κ3) is 10.3. The Balaban J connectivity index is 1.70. The van der Waals surface area contributed by atoms with E-state index in [1.165, 1.54) is 87.2 Å². The maximum Gasteiger partial charge on any atom is 0.131 e. The topological polar surface area (TPSA) is 6.48 Å². The van der Waals surface area contributed by atoms with E-state index < -0.39 is 0 Å². The molecule has 0 aromatic heterocycles. The Kier molecular flexibility index (Phi) is 13.6. The minimum atomic E-state index is -0.167. The minimum Gasteiger partial charge on any atom is -0.302 e. The normalized spacial score (nSPS) is 11.5. The lowest BCUT2D eigenvalue weighted by molar-refractivity contribution is 0.189. The number of rotatable bonds is 18. The lowest BCUT2D eigenvalue weighted by Crippen LogP contribution is -2.36. The van der Waals surface area contributed by atoms with E-state index >= 15 is 0 Å². The first-order chi connectivity index (χ1) is 18.6. The van der Waals surface area contributed by atoms with E-state index in [1.54, 1.807) is 6.07 Å². The molecular weight excluding hydrogens is 467 g/mol. The van der Waals surface area contributed by atoms with Crippen molar-refractivity contribution in [3.05, 3.63) is 95.3 Å². The molecule has 0 saturated carbocycles. The SMILES string of the molecule is CCCCCc1ccc(CN(CCN(CCCC)CCCC)Cc2ccc(-c3ccccc3F)cc2)cc1. The van der Waals surface area contributed by atoms with Crippen LogP contribution in [0.4, 0.5) is 4.39 Å². The van der Waals surface area contributed by atoms with Gasteiger partial charge in [0.2, 0.25) is 0 Å². The average Bonchev–Trinajstić information content (AvgIpc) is 2.94. The fourth-order valence-corrected chi connectivity index (χ4v) is 4.99. The molecular formula is C35H49FN2. The second kappa shape index (κ2) is 17.2. The number of benzene rings is 3. The highest BCUT2D eigenvalue weighted by molar-refractivity contribution is 5.64. The standard InChI is InChI=1S/C35H49FN2/c1-4-7-10-13-30-16-18-31(19-17-30)28-38(27-26-37(24-8-5-2)25-9-6-3)29-32-20-22-33(23-21-32)34-14-11-12-15-35(34)36/h11-12,14-23H,4-10,13,24-29H2,1-3H3. The lowest BCUT2D eigenvalue weighted by Gasteiger charge is -2.28. The van der Waals surface area contributed by atoms with E-state index in [9.17, 15) is 4.39 Å². The van der Waals surface area contributed by atoms with Crippen molar-refractivity contribution in [2.75, 3.05) is 26.2 Å². The summed E-state index contributed by atoms with van der Waals surface area (Å²) < 4.78 is 14.3. The summed E-state index contributed by atoms with van der Waals surface area (Å²) in [6.07, 6.45) is 10.0. The predicted octanol–water partition coefficient (Wildman–Crippen LogP) is 9.13. The van der Waals surface area contributed by atoms with Crippen LogP contribution in [0.3, 0.4) is 0 Å². The van der Waals surface area contributed by atoms with Crippen LogP contribution in [-0.4, -0.2) is 36.0 Å². The lowest BCUT2D eigenvalue weighted by atomic mass is 10.0. The van der Waals surface area contributed by atoms with E-state index in [0.29, 0.717) is 5.56 Å². The Morgan fingerprint density at radius 3 is 1.63 bits per heavy atom. The van der Waals surface area contributed by atoms with Crippen molar-refractivity contribution in [3.63, 3.8) is 0 Å². The summed E-state index contributed by atoms with van der Waals surface area (Å²) >= 11 is 0. The largest absolute Gasteiger partial charge is 0.302 e. The molecule has 0 fully saturated rings. The van der Waals surface area contributed by atoms with E-state index in [2.05, 4.69) is 79.1 Å². The molecule has 3 rings (SSSR count). The van der Waals surface area contributed by atoms with Crippen LogP contribution in [-0.2, 0) is 19.5 Å². The Morgan fingerprint density at radius 1 is 0.526 bits per heavy atom. The van der Waals surface area contributed by atoms with Gasteiger partial charge in [-0.2, -0.15) is 0 Å². The molecule has 2 nitrogen and oxygen atoms in total. The average molecular weight is 517 g/mol.